The Morgan fingerprint density at radius 2 is 2.11 bits per heavy atom. The average Bonchev–Trinajstić information content (AvgIpc) is 2.57. The highest BCUT2D eigenvalue weighted by Crippen LogP contribution is 2.13. The van der Waals surface area contributed by atoms with Gasteiger partial charge in [0.25, 0.3) is 12.3 Å². The summed E-state index contributed by atoms with van der Waals surface area (Å²) in [4.78, 5) is 12.4. The zero-order valence-corrected chi connectivity index (χ0v) is 10.6. The number of primary sulfonamides is 1. The minimum Gasteiger partial charge on any atom is -0.345 e. The number of rotatable bonds is 4. The van der Waals surface area contributed by atoms with Crippen molar-refractivity contribution >= 4 is 15.9 Å². The number of nitrogens with two attached hydrogens (primary N) is 1. The highest BCUT2D eigenvalue weighted by atomic mass is 32.2. The standard InChI is InChI=1S/C9H13F2N3O3S/c1-13-4-6(18(12,16)17)3-7(13)9(15)14(2)5-8(10)11/h3-4,8H,5H2,1-2H3,(H2,12,16,17). The number of hydrogen-bond acceptors (Lipinski definition) is 3. The van der Waals surface area contributed by atoms with Crippen LogP contribution in [0.4, 0.5) is 8.78 Å². The molecule has 0 aromatic carbocycles. The van der Waals surface area contributed by atoms with E-state index in [2.05, 4.69) is 0 Å². The smallest absolute Gasteiger partial charge is 0.270 e. The van der Waals surface area contributed by atoms with Crippen LogP contribution >= 0.6 is 0 Å². The highest BCUT2D eigenvalue weighted by Gasteiger charge is 2.21. The Labute approximate surface area is 103 Å². The van der Waals surface area contributed by atoms with Crippen LogP contribution in [0, 0.1) is 0 Å². The van der Waals surface area contributed by atoms with Crippen molar-refractivity contribution < 1.29 is 22.0 Å². The van der Waals surface area contributed by atoms with E-state index >= 15 is 0 Å². The van der Waals surface area contributed by atoms with E-state index in [0.717, 1.165) is 17.2 Å². The lowest BCUT2D eigenvalue weighted by Gasteiger charge is -2.16. The molecule has 0 saturated heterocycles. The lowest BCUT2D eigenvalue weighted by atomic mass is 10.3. The Kier molecular flexibility index (Phi) is 4.07. The molecule has 0 bridgehead atoms. The second-order valence-corrected chi connectivity index (χ2v) is 5.36. The van der Waals surface area contributed by atoms with Crippen molar-refractivity contribution in [3.8, 4) is 0 Å². The third-order valence-electron chi connectivity index (χ3n) is 2.29. The maximum atomic E-state index is 12.1. The Bertz CT molecular complexity index is 553. The summed E-state index contributed by atoms with van der Waals surface area (Å²) in [5.74, 6) is -0.701. The highest BCUT2D eigenvalue weighted by molar-refractivity contribution is 7.89. The molecule has 2 N–H and O–H groups in total. The third kappa shape index (κ3) is 3.26. The van der Waals surface area contributed by atoms with Gasteiger partial charge in [0.1, 0.15) is 10.6 Å². The molecule has 1 aromatic rings. The monoisotopic (exact) mass is 281 g/mol. The summed E-state index contributed by atoms with van der Waals surface area (Å²) in [6.07, 6.45) is -1.50. The molecule has 0 radical (unpaired) electrons. The summed E-state index contributed by atoms with van der Waals surface area (Å²) in [7, 11) is -1.29. The molecule has 0 unspecified atom stereocenters. The molecular formula is C9H13F2N3O3S. The summed E-state index contributed by atoms with van der Waals surface area (Å²) >= 11 is 0. The fourth-order valence-corrected chi connectivity index (χ4v) is 1.97. The molecule has 0 aliphatic carbocycles. The maximum absolute atomic E-state index is 12.1. The first kappa shape index (κ1) is 14.6. The molecular weight excluding hydrogens is 268 g/mol. The van der Waals surface area contributed by atoms with E-state index in [0.29, 0.717) is 0 Å². The van der Waals surface area contributed by atoms with Gasteiger partial charge < -0.3 is 9.47 Å². The largest absolute Gasteiger partial charge is 0.345 e. The molecule has 1 heterocycles. The Balaban J connectivity index is 3.04. The molecule has 0 aliphatic heterocycles. The van der Waals surface area contributed by atoms with Crippen LogP contribution < -0.4 is 5.14 Å². The van der Waals surface area contributed by atoms with Crippen molar-refractivity contribution in [2.75, 3.05) is 13.6 Å². The number of aromatic nitrogens is 1. The second kappa shape index (κ2) is 5.02. The van der Waals surface area contributed by atoms with E-state index < -0.39 is 28.9 Å². The quantitative estimate of drug-likeness (QED) is 0.843. The van der Waals surface area contributed by atoms with E-state index in [-0.39, 0.29) is 10.6 Å². The summed E-state index contributed by atoms with van der Waals surface area (Å²) < 4.78 is 47.7. The molecule has 0 saturated carbocycles. The fourth-order valence-electron chi connectivity index (χ4n) is 1.39. The van der Waals surface area contributed by atoms with Gasteiger partial charge in [-0.1, -0.05) is 0 Å². The molecule has 102 valence electrons. The van der Waals surface area contributed by atoms with Crippen molar-refractivity contribution in [1.29, 1.82) is 0 Å². The number of carbonyl (C=O) groups is 1. The lowest BCUT2D eigenvalue weighted by molar-refractivity contribution is 0.0612. The van der Waals surface area contributed by atoms with Gasteiger partial charge in [-0.05, 0) is 6.07 Å². The SMILES string of the molecule is CN(CC(F)F)C(=O)c1cc(S(N)(=O)=O)cn1C. The number of amides is 1. The van der Waals surface area contributed by atoms with E-state index in [1.54, 1.807) is 0 Å². The Morgan fingerprint density at radius 1 is 1.56 bits per heavy atom. The molecule has 1 aromatic heterocycles. The third-order valence-corrected chi connectivity index (χ3v) is 3.17. The fraction of sp³-hybridized carbons (Fsp3) is 0.444. The van der Waals surface area contributed by atoms with Gasteiger partial charge in [-0.3, -0.25) is 4.79 Å². The van der Waals surface area contributed by atoms with Crippen molar-refractivity contribution in [2.45, 2.75) is 11.3 Å². The molecule has 0 atom stereocenters. The predicted octanol–water partition coefficient (Wildman–Crippen LogP) is 0.00960. The molecule has 1 amide bonds. The van der Waals surface area contributed by atoms with E-state index in [1.165, 1.54) is 18.7 Å². The van der Waals surface area contributed by atoms with E-state index in [1.807, 2.05) is 0 Å². The van der Waals surface area contributed by atoms with Gasteiger partial charge >= 0.3 is 0 Å². The maximum Gasteiger partial charge on any atom is 0.270 e. The average molecular weight is 281 g/mol. The zero-order chi connectivity index (χ0) is 14.1. The number of halogens is 2. The number of carbonyl (C=O) groups excluding carboxylic acids is 1. The molecule has 0 fully saturated rings. The van der Waals surface area contributed by atoms with Crippen molar-refractivity contribution in [3.05, 3.63) is 18.0 Å². The molecule has 18 heavy (non-hydrogen) atoms. The summed E-state index contributed by atoms with van der Waals surface area (Å²) in [6.45, 7) is -0.727. The Hall–Kier alpha value is -1.48. The number of sulfonamides is 1. The molecule has 0 spiro atoms. The number of hydrogen-bond donors (Lipinski definition) is 1. The van der Waals surface area contributed by atoms with Crippen molar-refractivity contribution in [2.24, 2.45) is 12.2 Å². The van der Waals surface area contributed by atoms with Crippen LogP contribution in [-0.2, 0) is 17.1 Å². The predicted molar refractivity (Wildman–Crippen MR) is 59.8 cm³/mol. The van der Waals surface area contributed by atoms with Crippen LogP contribution in [0.15, 0.2) is 17.2 Å². The molecule has 9 heteroatoms. The van der Waals surface area contributed by atoms with Crippen LogP contribution in [0.25, 0.3) is 0 Å². The molecule has 1 rings (SSSR count). The van der Waals surface area contributed by atoms with Gasteiger partial charge in [0.05, 0.1) is 6.54 Å². The first-order chi connectivity index (χ1) is 8.12. The summed E-state index contributed by atoms with van der Waals surface area (Å²) in [6, 6.07) is 1.06. The van der Waals surface area contributed by atoms with Gasteiger partial charge in [-0.25, -0.2) is 22.3 Å². The van der Waals surface area contributed by atoms with E-state index in [4.69, 9.17) is 5.14 Å². The topological polar surface area (TPSA) is 85.4 Å². The number of alkyl halides is 2. The van der Waals surface area contributed by atoms with Gasteiger partial charge in [0.15, 0.2) is 0 Å². The van der Waals surface area contributed by atoms with Crippen molar-refractivity contribution in [3.63, 3.8) is 0 Å². The number of aryl methyl sites for hydroxylation is 1. The Morgan fingerprint density at radius 3 is 2.50 bits per heavy atom. The van der Waals surface area contributed by atoms with Crippen LogP contribution in [0.3, 0.4) is 0 Å². The van der Waals surface area contributed by atoms with Crippen LogP contribution in [0.5, 0.6) is 0 Å². The van der Waals surface area contributed by atoms with Gasteiger partial charge in [-0.15, -0.1) is 0 Å². The number of nitrogens with zero attached hydrogens (tertiary/aromatic N) is 2. The minimum absolute atomic E-state index is 0.0258. The summed E-state index contributed by atoms with van der Waals surface area (Å²) in [5.41, 5.74) is -0.0258. The van der Waals surface area contributed by atoms with Crippen molar-refractivity contribution in [1.82, 2.24) is 9.47 Å². The van der Waals surface area contributed by atoms with Crippen LogP contribution in [-0.4, -0.2) is 43.8 Å². The lowest BCUT2D eigenvalue weighted by Crippen LogP contribution is -2.32. The second-order valence-electron chi connectivity index (χ2n) is 3.79. The van der Waals surface area contributed by atoms with Gasteiger partial charge in [0.2, 0.25) is 10.0 Å². The van der Waals surface area contributed by atoms with Gasteiger partial charge in [0, 0.05) is 20.3 Å². The van der Waals surface area contributed by atoms with Gasteiger partial charge in [-0.2, -0.15) is 0 Å². The minimum atomic E-state index is -3.93. The first-order valence-electron chi connectivity index (χ1n) is 4.85. The van der Waals surface area contributed by atoms with Crippen LogP contribution in [0.2, 0.25) is 0 Å². The molecule has 6 nitrogen and oxygen atoms in total. The molecule has 0 aliphatic rings. The summed E-state index contributed by atoms with van der Waals surface area (Å²) in [5, 5.41) is 4.91. The normalized spacial score (nSPS) is 11.9. The van der Waals surface area contributed by atoms with Crippen LogP contribution in [0.1, 0.15) is 10.5 Å². The first-order valence-corrected chi connectivity index (χ1v) is 6.40. The van der Waals surface area contributed by atoms with E-state index in [9.17, 15) is 22.0 Å². The zero-order valence-electron chi connectivity index (χ0n) is 9.80.